The van der Waals surface area contributed by atoms with Crippen molar-refractivity contribution in [3.05, 3.63) is 48.4 Å². The molecule has 2 amide bonds. The lowest BCUT2D eigenvalue weighted by Crippen LogP contribution is -2.26. The van der Waals surface area contributed by atoms with Crippen molar-refractivity contribution in [2.45, 2.75) is 12.8 Å². The van der Waals surface area contributed by atoms with Crippen molar-refractivity contribution < 1.29 is 31.9 Å². The molecule has 0 aliphatic carbocycles. The Balaban J connectivity index is 1.48. The molecule has 0 unspecified atom stereocenters. The van der Waals surface area contributed by atoms with E-state index in [1.54, 1.807) is 12.1 Å². The second-order valence-corrected chi connectivity index (χ2v) is 6.66. The molecule has 2 N–H and O–H groups in total. The molecule has 1 aromatic carbocycles. The van der Waals surface area contributed by atoms with Crippen molar-refractivity contribution in [1.29, 1.82) is 0 Å². The number of carbonyl (C=O) groups is 2. The van der Waals surface area contributed by atoms with Crippen molar-refractivity contribution in [2.24, 2.45) is 0 Å². The van der Waals surface area contributed by atoms with Crippen LogP contribution in [0.1, 0.15) is 12.2 Å². The lowest BCUT2D eigenvalue weighted by Gasteiger charge is -2.07. The fourth-order valence-electron chi connectivity index (χ4n) is 2.24. The first kappa shape index (κ1) is 20.4. The van der Waals surface area contributed by atoms with Crippen LogP contribution in [-0.2, 0) is 9.59 Å². The van der Waals surface area contributed by atoms with Gasteiger partial charge in [0.15, 0.2) is 5.13 Å². The maximum absolute atomic E-state index is 12.3. The Hall–Kier alpha value is -3.34. The monoisotopic (exact) mass is 425 g/mol. The minimum absolute atomic E-state index is 0.00130. The van der Waals surface area contributed by atoms with Crippen LogP contribution >= 0.6 is 11.3 Å². The first-order valence-corrected chi connectivity index (χ1v) is 9.06. The van der Waals surface area contributed by atoms with Crippen LogP contribution in [0.3, 0.4) is 0 Å². The number of nitrogens with one attached hydrogen (secondary N) is 2. The molecule has 0 atom stereocenters. The Labute approximate surface area is 166 Å². The number of benzene rings is 1. The summed E-state index contributed by atoms with van der Waals surface area (Å²) in [5.74, 6) is -0.619. The van der Waals surface area contributed by atoms with E-state index in [0.29, 0.717) is 16.0 Å². The zero-order valence-electron chi connectivity index (χ0n) is 14.7. The number of carbonyl (C=O) groups excluding carboxylic acids is 2. The van der Waals surface area contributed by atoms with Crippen molar-refractivity contribution >= 4 is 44.6 Å². The van der Waals surface area contributed by atoms with Gasteiger partial charge in [-0.2, -0.15) is 0 Å². The summed E-state index contributed by atoms with van der Waals surface area (Å²) in [5, 5.41) is 5.33. The van der Waals surface area contributed by atoms with Crippen LogP contribution in [0.2, 0.25) is 0 Å². The third-order valence-electron chi connectivity index (χ3n) is 3.43. The third-order valence-corrected chi connectivity index (χ3v) is 4.37. The maximum atomic E-state index is 12.3. The zero-order valence-corrected chi connectivity index (χ0v) is 15.5. The summed E-state index contributed by atoms with van der Waals surface area (Å²) < 4.78 is 46.2. The molecule has 2 aromatic heterocycles. The van der Waals surface area contributed by atoms with E-state index in [0.717, 1.165) is 17.4 Å². The number of nitrogens with zero attached hydrogens (tertiary/aromatic N) is 1. The third kappa shape index (κ3) is 6.35. The summed E-state index contributed by atoms with van der Waals surface area (Å²) in [4.78, 5) is 27.8. The molecule has 2 heterocycles. The molecule has 0 saturated carbocycles. The highest BCUT2D eigenvalue weighted by Gasteiger charge is 2.31. The summed E-state index contributed by atoms with van der Waals surface area (Å²) in [7, 11) is 0. The van der Waals surface area contributed by atoms with Gasteiger partial charge in [-0.05, 0) is 30.3 Å². The second-order valence-electron chi connectivity index (χ2n) is 5.63. The summed E-state index contributed by atoms with van der Waals surface area (Å²) in [6, 6.07) is 7.09. The molecule has 7 nitrogen and oxygen atoms in total. The van der Waals surface area contributed by atoms with Crippen molar-refractivity contribution in [3.63, 3.8) is 0 Å². The number of aromatic nitrogens is 1. The number of fused-ring (bicyclic) bond motifs is 1. The quantitative estimate of drug-likeness (QED) is 0.559. The van der Waals surface area contributed by atoms with Crippen LogP contribution < -0.4 is 15.4 Å². The molecule has 0 aliphatic heterocycles. The fraction of sp³-hybridized carbons (Fsp3) is 0.167. The van der Waals surface area contributed by atoms with E-state index >= 15 is 0 Å². The average Bonchev–Trinajstić information content (AvgIpc) is 3.27. The summed E-state index contributed by atoms with van der Waals surface area (Å²) in [6.07, 6.45) is -0.530. The largest absolute Gasteiger partial charge is 0.573 e. The number of thiazole rings is 1. The van der Waals surface area contributed by atoms with Gasteiger partial charge in [-0.15, -0.1) is 13.2 Å². The molecule has 3 rings (SSSR count). The Bertz CT molecular complexity index is 1030. The Morgan fingerprint density at radius 3 is 2.83 bits per heavy atom. The molecule has 3 aromatic rings. The van der Waals surface area contributed by atoms with Gasteiger partial charge in [0.1, 0.15) is 11.5 Å². The lowest BCUT2D eigenvalue weighted by molar-refractivity contribution is -0.274. The highest BCUT2D eigenvalue weighted by Crippen LogP contribution is 2.31. The number of hydrogen-bond donors (Lipinski definition) is 2. The van der Waals surface area contributed by atoms with Gasteiger partial charge in [0.25, 0.3) is 0 Å². The number of ether oxygens (including phenoxy) is 1. The normalized spacial score (nSPS) is 11.7. The first-order chi connectivity index (χ1) is 13.8. The second kappa shape index (κ2) is 8.78. The van der Waals surface area contributed by atoms with Crippen LogP contribution in [0.4, 0.5) is 18.3 Å². The predicted molar refractivity (Wildman–Crippen MR) is 100 cm³/mol. The van der Waals surface area contributed by atoms with Crippen LogP contribution in [0.15, 0.2) is 47.1 Å². The van der Waals surface area contributed by atoms with Crippen LogP contribution in [0.25, 0.3) is 16.3 Å². The minimum atomic E-state index is -4.78. The molecular formula is C18H14F3N3O4S. The van der Waals surface area contributed by atoms with Crippen molar-refractivity contribution in [1.82, 2.24) is 10.3 Å². The van der Waals surface area contributed by atoms with Gasteiger partial charge in [0.2, 0.25) is 11.8 Å². The Morgan fingerprint density at radius 1 is 1.28 bits per heavy atom. The Morgan fingerprint density at radius 2 is 2.10 bits per heavy atom. The number of amides is 2. The van der Waals surface area contributed by atoms with E-state index in [2.05, 4.69) is 20.4 Å². The predicted octanol–water partition coefficient (Wildman–Crippen LogP) is 3.95. The van der Waals surface area contributed by atoms with Crippen LogP contribution in [0.5, 0.6) is 5.75 Å². The van der Waals surface area contributed by atoms with Crippen molar-refractivity contribution in [2.75, 3.05) is 11.9 Å². The smallest absolute Gasteiger partial charge is 0.465 e. The molecule has 0 aliphatic rings. The summed E-state index contributed by atoms with van der Waals surface area (Å²) in [5.41, 5.74) is 0.427. The zero-order chi connectivity index (χ0) is 20.9. The topological polar surface area (TPSA) is 93.5 Å². The summed E-state index contributed by atoms with van der Waals surface area (Å²) >= 11 is 1.01. The van der Waals surface area contributed by atoms with Gasteiger partial charge in [-0.25, -0.2) is 4.98 Å². The SMILES string of the molecule is O=C(/C=C/c1ccco1)NCCC(=O)Nc1nc2ccc(OC(F)(F)F)cc2s1. The molecule has 29 heavy (non-hydrogen) atoms. The summed E-state index contributed by atoms with van der Waals surface area (Å²) in [6.45, 7) is 0.0988. The highest BCUT2D eigenvalue weighted by atomic mass is 32.1. The van der Waals surface area contributed by atoms with E-state index in [1.807, 2.05) is 0 Å². The maximum Gasteiger partial charge on any atom is 0.573 e. The molecule has 0 spiro atoms. The van der Waals surface area contributed by atoms with E-state index in [4.69, 9.17) is 4.42 Å². The fourth-order valence-corrected chi connectivity index (χ4v) is 3.15. The van der Waals surface area contributed by atoms with Gasteiger partial charge in [-0.1, -0.05) is 11.3 Å². The van der Waals surface area contributed by atoms with Crippen molar-refractivity contribution in [3.8, 4) is 5.75 Å². The van der Waals surface area contributed by atoms with E-state index in [1.165, 1.54) is 30.5 Å². The number of rotatable bonds is 7. The first-order valence-electron chi connectivity index (χ1n) is 8.24. The van der Waals surface area contributed by atoms with Gasteiger partial charge in [0, 0.05) is 25.1 Å². The molecule has 0 radical (unpaired) electrons. The highest BCUT2D eigenvalue weighted by molar-refractivity contribution is 7.22. The molecular weight excluding hydrogens is 411 g/mol. The number of furan rings is 1. The lowest BCUT2D eigenvalue weighted by atomic mass is 10.3. The average molecular weight is 425 g/mol. The molecule has 152 valence electrons. The van der Waals surface area contributed by atoms with E-state index in [-0.39, 0.29) is 29.8 Å². The molecule has 11 heteroatoms. The van der Waals surface area contributed by atoms with Gasteiger partial charge < -0.3 is 19.8 Å². The van der Waals surface area contributed by atoms with Crippen LogP contribution in [-0.4, -0.2) is 29.7 Å². The number of alkyl halides is 3. The standard InChI is InChI=1S/C18H14F3N3O4S/c19-18(20,21)28-12-3-5-13-14(10-12)29-17(23-13)24-16(26)7-8-22-15(25)6-4-11-2-1-9-27-11/h1-6,9-10H,7-8H2,(H,22,25)(H,23,24,26)/b6-4+. The Kier molecular flexibility index (Phi) is 6.17. The molecule has 0 bridgehead atoms. The van der Waals surface area contributed by atoms with Gasteiger partial charge in [-0.3, -0.25) is 9.59 Å². The van der Waals surface area contributed by atoms with E-state index < -0.39 is 12.3 Å². The van der Waals surface area contributed by atoms with Gasteiger partial charge >= 0.3 is 6.36 Å². The molecule has 0 saturated heterocycles. The minimum Gasteiger partial charge on any atom is -0.465 e. The number of halogens is 3. The number of hydrogen-bond acceptors (Lipinski definition) is 6. The van der Waals surface area contributed by atoms with Crippen LogP contribution in [0, 0.1) is 0 Å². The number of anilines is 1. The molecule has 0 fully saturated rings. The van der Waals surface area contributed by atoms with E-state index in [9.17, 15) is 22.8 Å². The van der Waals surface area contributed by atoms with Gasteiger partial charge in [0.05, 0.1) is 16.5 Å².